The molecule has 4 nitrogen and oxygen atoms in total. The van der Waals surface area contributed by atoms with Gasteiger partial charge in [0, 0.05) is 38.0 Å². The Morgan fingerprint density at radius 2 is 1.89 bits per heavy atom. The lowest BCUT2D eigenvalue weighted by Crippen LogP contribution is -2.10. The van der Waals surface area contributed by atoms with Gasteiger partial charge in [-0.25, -0.2) is 4.98 Å². The molecule has 1 aliphatic rings. The van der Waals surface area contributed by atoms with E-state index in [-0.39, 0.29) is 0 Å². The Bertz CT molecular complexity index is 1020. The molecule has 0 amide bonds. The molecule has 0 atom stereocenters. The van der Waals surface area contributed by atoms with Gasteiger partial charge >= 0.3 is 0 Å². The zero-order valence-corrected chi connectivity index (χ0v) is 16.7. The van der Waals surface area contributed by atoms with Crippen molar-refractivity contribution in [2.75, 3.05) is 18.2 Å². The number of halogens is 2. The van der Waals surface area contributed by atoms with E-state index < -0.39 is 0 Å². The summed E-state index contributed by atoms with van der Waals surface area (Å²) in [5.74, 6) is 1.01. The molecule has 3 aromatic rings. The maximum absolute atomic E-state index is 6.31. The second kappa shape index (κ2) is 7.80. The van der Waals surface area contributed by atoms with Crippen LogP contribution in [0.4, 0.5) is 11.6 Å². The minimum absolute atomic E-state index is 0.342. The van der Waals surface area contributed by atoms with Crippen LogP contribution in [0.25, 0.3) is 11.6 Å². The quantitative estimate of drug-likeness (QED) is 0.515. The van der Waals surface area contributed by atoms with Crippen LogP contribution in [0.3, 0.4) is 0 Å². The summed E-state index contributed by atoms with van der Waals surface area (Å²) in [7, 11) is 0. The minimum Gasteiger partial charge on any atom is -0.472 e. The minimum atomic E-state index is 0.342. The number of thioether (sulfide) groups is 1. The van der Waals surface area contributed by atoms with Crippen LogP contribution in [0.1, 0.15) is 11.1 Å². The van der Waals surface area contributed by atoms with E-state index in [0.717, 1.165) is 22.4 Å². The predicted molar refractivity (Wildman–Crippen MR) is 113 cm³/mol. The van der Waals surface area contributed by atoms with Crippen LogP contribution in [-0.2, 0) is 0 Å². The van der Waals surface area contributed by atoms with Crippen molar-refractivity contribution in [1.29, 1.82) is 0 Å². The van der Waals surface area contributed by atoms with Gasteiger partial charge in [-0.05, 0) is 42.7 Å². The third kappa shape index (κ3) is 3.90. The molecule has 2 aromatic carbocycles. The van der Waals surface area contributed by atoms with E-state index in [4.69, 9.17) is 27.9 Å². The molecule has 1 aromatic heterocycles. The lowest BCUT2D eigenvalue weighted by molar-refractivity contribution is 0.350. The van der Waals surface area contributed by atoms with Crippen molar-refractivity contribution in [2.24, 2.45) is 0 Å². The van der Waals surface area contributed by atoms with Gasteiger partial charge in [0.1, 0.15) is 6.61 Å². The molecule has 2 heterocycles. The fourth-order valence-electron chi connectivity index (χ4n) is 2.80. The van der Waals surface area contributed by atoms with Gasteiger partial charge in [0.05, 0.1) is 5.56 Å². The largest absolute Gasteiger partial charge is 0.472 e. The summed E-state index contributed by atoms with van der Waals surface area (Å²) in [6, 6.07) is 13.5. The second-order valence-electron chi connectivity index (χ2n) is 5.87. The standard InChI is InChI=1S/C20H15Cl2N3OS/c1-27-15-5-2-4-14(9-15)24-20-23-10-12-8-13(11-26-19(12)25-20)18-16(21)6-3-7-17(18)22/h2-10H,11H2,1H3,(H,23,24,25). The van der Waals surface area contributed by atoms with Gasteiger partial charge in [0.25, 0.3) is 0 Å². The van der Waals surface area contributed by atoms with Crippen molar-refractivity contribution in [2.45, 2.75) is 4.90 Å². The van der Waals surface area contributed by atoms with Crippen LogP contribution >= 0.6 is 35.0 Å². The molecule has 0 bridgehead atoms. The molecule has 0 radical (unpaired) electrons. The molecule has 4 rings (SSSR count). The molecule has 0 spiro atoms. The molecule has 136 valence electrons. The van der Waals surface area contributed by atoms with E-state index in [1.165, 1.54) is 4.90 Å². The van der Waals surface area contributed by atoms with Crippen molar-refractivity contribution in [1.82, 2.24) is 9.97 Å². The van der Waals surface area contributed by atoms with Gasteiger partial charge in [-0.1, -0.05) is 35.3 Å². The molecule has 7 heteroatoms. The fourth-order valence-corrected chi connectivity index (χ4v) is 3.90. The Kier molecular flexibility index (Phi) is 5.25. The Morgan fingerprint density at radius 3 is 2.67 bits per heavy atom. The second-order valence-corrected chi connectivity index (χ2v) is 7.56. The van der Waals surface area contributed by atoms with Crippen molar-refractivity contribution in [3.05, 3.63) is 69.8 Å². The highest BCUT2D eigenvalue weighted by molar-refractivity contribution is 7.98. The number of aromatic nitrogens is 2. The average molecular weight is 416 g/mol. The molecule has 0 unspecified atom stereocenters. The molecular formula is C20H15Cl2N3OS. The van der Waals surface area contributed by atoms with Gasteiger partial charge in [-0.2, -0.15) is 4.98 Å². The van der Waals surface area contributed by atoms with E-state index in [2.05, 4.69) is 21.4 Å². The number of nitrogens with one attached hydrogen (secondary N) is 1. The summed E-state index contributed by atoms with van der Waals surface area (Å²) in [5, 5.41) is 4.39. The monoisotopic (exact) mass is 415 g/mol. The summed E-state index contributed by atoms with van der Waals surface area (Å²) >= 11 is 14.3. The Hall–Kier alpha value is -2.21. The fraction of sp³-hybridized carbons (Fsp3) is 0.100. The summed E-state index contributed by atoms with van der Waals surface area (Å²) < 4.78 is 5.84. The van der Waals surface area contributed by atoms with E-state index >= 15 is 0 Å². The lowest BCUT2D eigenvalue weighted by Gasteiger charge is -2.19. The normalized spacial score (nSPS) is 12.8. The summed E-state index contributed by atoms with van der Waals surface area (Å²) in [6.07, 6.45) is 5.73. The van der Waals surface area contributed by atoms with Gasteiger partial charge < -0.3 is 10.1 Å². The van der Waals surface area contributed by atoms with Crippen molar-refractivity contribution < 1.29 is 4.74 Å². The highest BCUT2D eigenvalue weighted by Crippen LogP contribution is 2.36. The van der Waals surface area contributed by atoms with Crippen LogP contribution in [0.5, 0.6) is 5.88 Å². The maximum Gasteiger partial charge on any atom is 0.230 e. The molecule has 0 saturated heterocycles. The van der Waals surface area contributed by atoms with Crippen molar-refractivity contribution >= 4 is 58.2 Å². The van der Waals surface area contributed by atoms with E-state index in [9.17, 15) is 0 Å². The SMILES string of the molecule is CSc1cccc(Nc2ncc3c(n2)OCC(c2c(Cl)cccc2Cl)=C3)c1. The van der Waals surface area contributed by atoms with E-state index in [1.807, 2.05) is 48.7 Å². The average Bonchev–Trinajstić information content (AvgIpc) is 2.68. The molecular weight excluding hydrogens is 401 g/mol. The first kappa shape index (κ1) is 18.2. The number of ether oxygens (including phenoxy) is 1. The first-order valence-electron chi connectivity index (χ1n) is 8.20. The Balaban J connectivity index is 1.62. The lowest BCUT2D eigenvalue weighted by atomic mass is 10.0. The Labute approximate surface area is 171 Å². The van der Waals surface area contributed by atoms with E-state index in [0.29, 0.717) is 28.5 Å². The van der Waals surface area contributed by atoms with Crippen LogP contribution in [0.15, 0.2) is 53.6 Å². The number of hydrogen-bond acceptors (Lipinski definition) is 5. The number of rotatable bonds is 4. The molecule has 0 saturated carbocycles. The van der Waals surface area contributed by atoms with Crippen molar-refractivity contribution in [3.8, 4) is 5.88 Å². The van der Waals surface area contributed by atoms with Crippen LogP contribution in [-0.4, -0.2) is 22.8 Å². The van der Waals surface area contributed by atoms with E-state index in [1.54, 1.807) is 18.0 Å². The molecule has 27 heavy (non-hydrogen) atoms. The van der Waals surface area contributed by atoms with Crippen LogP contribution in [0.2, 0.25) is 10.0 Å². The summed E-state index contributed by atoms with van der Waals surface area (Å²) in [4.78, 5) is 10.0. The first-order chi connectivity index (χ1) is 13.1. The van der Waals surface area contributed by atoms with Gasteiger partial charge in [-0.15, -0.1) is 11.8 Å². The smallest absolute Gasteiger partial charge is 0.230 e. The summed E-state index contributed by atoms with van der Waals surface area (Å²) in [6.45, 7) is 0.342. The number of benzene rings is 2. The van der Waals surface area contributed by atoms with Gasteiger partial charge in [-0.3, -0.25) is 0 Å². The third-order valence-electron chi connectivity index (χ3n) is 4.08. The molecule has 1 aliphatic heterocycles. The first-order valence-corrected chi connectivity index (χ1v) is 10.2. The Morgan fingerprint density at radius 1 is 1.11 bits per heavy atom. The number of fused-ring (bicyclic) bond motifs is 1. The molecule has 0 aliphatic carbocycles. The zero-order chi connectivity index (χ0) is 18.8. The number of nitrogens with zero attached hydrogens (tertiary/aromatic N) is 2. The van der Waals surface area contributed by atoms with Crippen LogP contribution in [0, 0.1) is 0 Å². The third-order valence-corrected chi connectivity index (χ3v) is 5.44. The number of anilines is 2. The molecule has 1 N–H and O–H groups in total. The molecule has 0 fully saturated rings. The topological polar surface area (TPSA) is 47.0 Å². The van der Waals surface area contributed by atoms with Crippen molar-refractivity contribution in [3.63, 3.8) is 0 Å². The zero-order valence-electron chi connectivity index (χ0n) is 14.4. The highest BCUT2D eigenvalue weighted by atomic mass is 35.5. The predicted octanol–water partition coefficient (Wildman–Crippen LogP) is 6.18. The maximum atomic E-state index is 6.31. The van der Waals surface area contributed by atoms with Crippen LogP contribution < -0.4 is 10.1 Å². The highest BCUT2D eigenvalue weighted by Gasteiger charge is 2.19. The number of hydrogen-bond donors (Lipinski definition) is 1. The van der Waals surface area contributed by atoms with Gasteiger partial charge in [0.2, 0.25) is 11.8 Å². The van der Waals surface area contributed by atoms with Gasteiger partial charge in [0.15, 0.2) is 0 Å². The summed E-state index contributed by atoms with van der Waals surface area (Å²) in [5.41, 5.74) is 3.39.